The molecule has 4 aromatic rings. The van der Waals surface area contributed by atoms with Crippen LogP contribution in [0.2, 0.25) is 0 Å². The van der Waals surface area contributed by atoms with Crippen molar-refractivity contribution in [3.8, 4) is 0 Å². The second kappa shape index (κ2) is 11.0. The molecule has 5 rings (SSSR count). The van der Waals surface area contributed by atoms with Crippen LogP contribution in [0.3, 0.4) is 0 Å². The van der Waals surface area contributed by atoms with Crippen LogP contribution in [-0.2, 0) is 22.7 Å². The summed E-state index contributed by atoms with van der Waals surface area (Å²) in [6, 6.07) is 17.7. The molecular formula is C30H34BIN2O2. The van der Waals surface area contributed by atoms with Gasteiger partial charge in [0.2, 0.25) is 0 Å². The van der Waals surface area contributed by atoms with Crippen molar-refractivity contribution < 1.29 is 9.47 Å². The number of fused-ring (bicyclic) bond motifs is 1. The molecule has 6 heteroatoms. The highest BCUT2D eigenvalue weighted by Gasteiger charge is 2.28. The van der Waals surface area contributed by atoms with E-state index in [-0.39, 0.29) is 6.98 Å². The van der Waals surface area contributed by atoms with Gasteiger partial charge >= 0.3 is 6.98 Å². The maximum absolute atomic E-state index is 6.06. The summed E-state index contributed by atoms with van der Waals surface area (Å²) in [5.74, 6) is 0. The fourth-order valence-electron chi connectivity index (χ4n) is 5.32. The molecular weight excluding hydrogens is 558 g/mol. The van der Waals surface area contributed by atoms with Gasteiger partial charge in [0.05, 0.1) is 13.2 Å². The molecule has 0 atom stereocenters. The number of ether oxygens (including phenoxy) is 2. The van der Waals surface area contributed by atoms with E-state index in [1.807, 2.05) is 0 Å². The Balaban J connectivity index is 1.59. The maximum Gasteiger partial charge on any atom is 0.407 e. The zero-order chi connectivity index (χ0) is 25.2. The van der Waals surface area contributed by atoms with Gasteiger partial charge in [-0.1, -0.05) is 44.2 Å². The van der Waals surface area contributed by atoms with E-state index in [1.54, 1.807) is 0 Å². The average Bonchev–Trinajstić information content (AvgIpc) is 2.88. The van der Waals surface area contributed by atoms with Gasteiger partial charge in [-0.15, -0.1) is 0 Å². The van der Waals surface area contributed by atoms with Gasteiger partial charge in [0, 0.05) is 33.5 Å². The summed E-state index contributed by atoms with van der Waals surface area (Å²) in [4.78, 5) is 0. The van der Waals surface area contributed by atoms with Crippen molar-refractivity contribution in [2.75, 3.05) is 23.7 Å². The van der Waals surface area contributed by atoms with Crippen LogP contribution < -0.4 is 15.9 Å². The van der Waals surface area contributed by atoms with Crippen LogP contribution >= 0.6 is 22.6 Å². The first-order valence-electron chi connectivity index (χ1n) is 13.0. The fraction of sp³-hybridized carbons (Fsp3) is 0.333. The second-order valence-electron chi connectivity index (χ2n) is 9.66. The topological polar surface area (TPSA) is 42.5 Å². The number of benzene rings is 4. The lowest BCUT2D eigenvalue weighted by Gasteiger charge is -2.28. The summed E-state index contributed by atoms with van der Waals surface area (Å²) in [7, 11) is 0. The molecule has 1 aliphatic rings. The van der Waals surface area contributed by atoms with Crippen LogP contribution in [0.1, 0.15) is 48.9 Å². The maximum atomic E-state index is 6.06. The molecule has 0 saturated heterocycles. The summed E-state index contributed by atoms with van der Waals surface area (Å²) >= 11 is 2.49. The Hall–Kier alpha value is -2.29. The van der Waals surface area contributed by atoms with Crippen LogP contribution in [0.25, 0.3) is 21.5 Å². The molecule has 0 aliphatic carbocycles. The van der Waals surface area contributed by atoms with Crippen molar-refractivity contribution in [2.24, 2.45) is 0 Å². The van der Waals surface area contributed by atoms with Crippen molar-refractivity contribution in [1.82, 2.24) is 0 Å². The molecule has 0 radical (unpaired) electrons. The molecule has 186 valence electrons. The van der Waals surface area contributed by atoms with Gasteiger partial charge in [0.25, 0.3) is 0 Å². The molecule has 2 N–H and O–H groups in total. The largest absolute Gasteiger partial charge is 0.407 e. The van der Waals surface area contributed by atoms with Crippen LogP contribution in [0, 0.1) is 17.4 Å². The zero-order valence-corrected chi connectivity index (χ0v) is 23.8. The van der Waals surface area contributed by atoms with Crippen LogP contribution in [-0.4, -0.2) is 20.2 Å². The molecule has 0 fully saturated rings. The summed E-state index contributed by atoms with van der Waals surface area (Å²) < 4.78 is 13.3. The predicted molar refractivity (Wildman–Crippen MR) is 163 cm³/mol. The van der Waals surface area contributed by atoms with E-state index in [2.05, 4.69) is 109 Å². The third kappa shape index (κ3) is 4.71. The van der Waals surface area contributed by atoms with Gasteiger partial charge in [-0.2, -0.15) is 0 Å². The first-order valence-corrected chi connectivity index (χ1v) is 14.1. The van der Waals surface area contributed by atoms with E-state index >= 15 is 0 Å². The third-order valence-electron chi connectivity index (χ3n) is 7.22. The third-order valence-corrected chi connectivity index (χ3v) is 8.15. The fourth-order valence-corrected chi connectivity index (χ4v) is 6.10. The molecule has 0 saturated carbocycles. The first kappa shape index (κ1) is 25.4. The van der Waals surface area contributed by atoms with Gasteiger partial charge in [-0.25, -0.2) is 0 Å². The smallest absolute Gasteiger partial charge is 0.405 e. The molecule has 0 spiro atoms. The number of nitrogens with one attached hydrogen (secondary N) is 2. The summed E-state index contributed by atoms with van der Waals surface area (Å²) in [5, 5.41) is 12.6. The Kier molecular flexibility index (Phi) is 7.75. The molecule has 0 bridgehead atoms. The van der Waals surface area contributed by atoms with Crippen LogP contribution in [0.4, 0.5) is 11.4 Å². The minimum absolute atomic E-state index is 0.00568. The Labute approximate surface area is 228 Å². The monoisotopic (exact) mass is 592 g/mol. The number of hydrogen-bond acceptors (Lipinski definition) is 4. The van der Waals surface area contributed by atoms with Gasteiger partial charge in [-0.3, -0.25) is 0 Å². The first-order chi connectivity index (χ1) is 17.5. The number of halogens is 1. The van der Waals surface area contributed by atoms with E-state index in [0.29, 0.717) is 13.2 Å². The quantitative estimate of drug-likeness (QED) is 0.122. The molecule has 1 heterocycles. The lowest BCUT2D eigenvalue weighted by atomic mass is 9.65. The summed E-state index contributed by atoms with van der Waals surface area (Å²) in [5.41, 5.74) is 8.75. The molecule has 4 aromatic carbocycles. The van der Waals surface area contributed by atoms with Gasteiger partial charge in [-0.05, 0) is 111 Å². The van der Waals surface area contributed by atoms with Crippen LogP contribution in [0.5, 0.6) is 0 Å². The molecule has 0 unspecified atom stereocenters. The van der Waals surface area contributed by atoms with Crippen LogP contribution in [0.15, 0.2) is 48.5 Å². The van der Waals surface area contributed by atoms with E-state index in [1.165, 1.54) is 64.2 Å². The molecule has 36 heavy (non-hydrogen) atoms. The van der Waals surface area contributed by atoms with Gasteiger partial charge in [0.15, 0.2) is 0 Å². The van der Waals surface area contributed by atoms with Crippen molar-refractivity contribution in [1.29, 1.82) is 0 Å². The minimum Gasteiger partial charge on any atom is -0.405 e. The number of anilines is 2. The molecule has 4 nitrogen and oxygen atoms in total. The number of hydrogen-bond donors (Lipinski definition) is 2. The lowest BCUT2D eigenvalue weighted by molar-refractivity contribution is 0.107. The summed E-state index contributed by atoms with van der Waals surface area (Å²) in [6.45, 7) is 11.6. The van der Waals surface area contributed by atoms with E-state index in [4.69, 9.17) is 9.47 Å². The second-order valence-corrected chi connectivity index (χ2v) is 10.8. The van der Waals surface area contributed by atoms with Gasteiger partial charge in [0.1, 0.15) is 0 Å². The minimum atomic E-state index is -0.00568. The normalized spacial score (nSPS) is 12.8. The van der Waals surface area contributed by atoms with Crippen molar-refractivity contribution in [2.45, 2.75) is 53.8 Å². The van der Waals surface area contributed by atoms with Crippen molar-refractivity contribution in [3.63, 3.8) is 0 Å². The van der Waals surface area contributed by atoms with E-state index in [9.17, 15) is 0 Å². The molecule has 0 aromatic heterocycles. The predicted octanol–water partition coefficient (Wildman–Crippen LogP) is 7.30. The standard InChI is InChI=1S/C30H34BIN2O2/c1-5-13-35-17-24-19(3)22-15-26(27(32)16-23(22)20(4)25(24)18-36-14-6-2)31-33-28-11-7-9-21-10-8-12-29(34-31)30(21)28/h7-12,15-16,33-34H,5-6,13-14,17-18H2,1-4H3. The number of aryl methyl sites for hydroxylation is 2. The molecule has 0 amide bonds. The lowest BCUT2D eigenvalue weighted by Crippen LogP contribution is -2.49. The summed E-state index contributed by atoms with van der Waals surface area (Å²) in [6.07, 6.45) is 2.04. The Morgan fingerprint density at radius 3 is 1.83 bits per heavy atom. The van der Waals surface area contributed by atoms with E-state index in [0.717, 1.165) is 26.1 Å². The Bertz CT molecular complexity index is 1380. The van der Waals surface area contributed by atoms with Gasteiger partial charge < -0.3 is 19.9 Å². The SMILES string of the molecule is CCCOCc1c(COCCC)c(C)c2cc(B3Nc4cccc5cccc(c45)N3)c(I)cc2c1C. The average molecular weight is 592 g/mol. The van der Waals surface area contributed by atoms with E-state index < -0.39 is 0 Å². The highest BCUT2D eigenvalue weighted by atomic mass is 127. The highest BCUT2D eigenvalue weighted by molar-refractivity contribution is 14.1. The number of rotatable bonds is 9. The van der Waals surface area contributed by atoms with Crippen molar-refractivity contribution >= 4 is 68.0 Å². The Morgan fingerprint density at radius 2 is 1.31 bits per heavy atom. The Morgan fingerprint density at radius 1 is 0.778 bits per heavy atom. The molecule has 1 aliphatic heterocycles. The highest BCUT2D eigenvalue weighted by Crippen LogP contribution is 2.35. The zero-order valence-electron chi connectivity index (χ0n) is 21.6. The van der Waals surface area contributed by atoms with Crippen molar-refractivity contribution in [3.05, 3.63) is 74.4 Å².